The van der Waals surface area contributed by atoms with Crippen LogP contribution in [0.5, 0.6) is 5.75 Å². The van der Waals surface area contributed by atoms with Gasteiger partial charge < -0.3 is 25.6 Å². The molecule has 0 saturated carbocycles. The number of benzene rings is 3. The second-order valence-corrected chi connectivity index (χ2v) is 9.94. The number of nitrogens with zero attached hydrogens (tertiary/aromatic N) is 4. The van der Waals surface area contributed by atoms with E-state index >= 15 is 0 Å². The van der Waals surface area contributed by atoms with Gasteiger partial charge in [0.15, 0.2) is 0 Å². The van der Waals surface area contributed by atoms with E-state index in [9.17, 15) is 13.6 Å². The molecule has 3 aromatic carbocycles. The number of nitrogens with two attached hydrogens (primary N) is 1. The Morgan fingerprint density at radius 1 is 1.00 bits per heavy atom. The van der Waals surface area contributed by atoms with E-state index < -0.39 is 6.43 Å². The number of aryl methyl sites for hydroxylation is 1. The number of methoxy groups -OCH3 is 1. The molecule has 4 aromatic rings. The SMILES string of the molecule is COc1ccc(N(C)c2ccc3nc(C)nc(N[C@H](C)c4cc(N)cc(C(F)F)c4)c3c2)cc1CC(=O)N(C)C. The van der Waals surface area contributed by atoms with Gasteiger partial charge in [-0.3, -0.25) is 4.79 Å². The van der Waals surface area contributed by atoms with E-state index in [1.807, 2.05) is 55.3 Å². The summed E-state index contributed by atoms with van der Waals surface area (Å²) in [6.45, 7) is 3.68. The number of aromatic nitrogens is 2. The number of alkyl halides is 2. The molecule has 10 heteroatoms. The normalized spacial score (nSPS) is 11.9. The van der Waals surface area contributed by atoms with Crippen molar-refractivity contribution >= 4 is 39.7 Å². The number of hydrogen-bond donors (Lipinski definition) is 2. The number of hydrogen-bond acceptors (Lipinski definition) is 7. The second-order valence-electron chi connectivity index (χ2n) is 9.94. The topological polar surface area (TPSA) is 96.6 Å². The lowest BCUT2D eigenvalue weighted by molar-refractivity contribution is -0.127. The van der Waals surface area contributed by atoms with Gasteiger partial charge >= 0.3 is 0 Å². The standard InChI is InChI=1S/C30H34F2N6O2/c1-17(19-11-21(29(31)32)13-22(33)12-19)34-30-25-16-24(7-9-26(25)35-18(2)36-30)38(5)23-8-10-27(40-6)20(14-23)15-28(39)37(3)4/h7-14,16-17,29H,15,33H2,1-6H3,(H,34,35,36)/t17-/m1/s1. The van der Waals surface area contributed by atoms with Crippen LogP contribution in [0, 0.1) is 6.92 Å². The number of nitrogen functional groups attached to an aromatic ring is 1. The number of rotatable bonds is 9. The Morgan fingerprint density at radius 2 is 1.68 bits per heavy atom. The van der Waals surface area contributed by atoms with E-state index in [1.165, 1.54) is 12.1 Å². The van der Waals surface area contributed by atoms with Gasteiger partial charge in [-0.15, -0.1) is 0 Å². The third-order valence-electron chi connectivity index (χ3n) is 6.78. The van der Waals surface area contributed by atoms with E-state index in [4.69, 9.17) is 10.5 Å². The minimum Gasteiger partial charge on any atom is -0.496 e. The number of halogens is 2. The number of carbonyl (C=O) groups is 1. The minimum atomic E-state index is -2.62. The van der Waals surface area contributed by atoms with E-state index in [-0.39, 0.29) is 29.6 Å². The quantitative estimate of drug-likeness (QED) is 0.246. The largest absolute Gasteiger partial charge is 0.496 e. The zero-order valence-corrected chi connectivity index (χ0v) is 23.5. The fourth-order valence-electron chi connectivity index (χ4n) is 4.50. The van der Waals surface area contributed by atoms with Crippen LogP contribution in [0.1, 0.15) is 41.9 Å². The molecule has 0 spiro atoms. The number of anilines is 4. The molecule has 1 heterocycles. The maximum Gasteiger partial charge on any atom is 0.263 e. The molecule has 0 bridgehead atoms. The Kier molecular flexibility index (Phi) is 8.37. The smallest absolute Gasteiger partial charge is 0.263 e. The third kappa shape index (κ3) is 6.22. The molecule has 3 N–H and O–H groups in total. The van der Waals surface area contributed by atoms with Crippen molar-refractivity contribution in [1.82, 2.24) is 14.9 Å². The monoisotopic (exact) mass is 548 g/mol. The summed E-state index contributed by atoms with van der Waals surface area (Å²) in [6, 6.07) is 15.7. The first-order valence-corrected chi connectivity index (χ1v) is 12.8. The number of amides is 1. The summed E-state index contributed by atoms with van der Waals surface area (Å²) in [7, 11) is 6.96. The Labute approximate surface area is 232 Å². The first kappa shape index (κ1) is 28.5. The van der Waals surface area contributed by atoms with Crippen LogP contribution in [0.2, 0.25) is 0 Å². The van der Waals surface area contributed by atoms with Crippen molar-refractivity contribution in [2.75, 3.05) is 44.2 Å². The van der Waals surface area contributed by atoms with Gasteiger partial charge in [-0.05, 0) is 74.0 Å². The van der Waals surface area contributed by atoms with Gasteiger partial charge in [0.25, 0.3) is 6.43 Å². The lowest BCUT2D eigenvalue weighted by Crippen LogP contribution is -2.23. The highest BCUT2D eigenvalue weighted by molar-refractivity contribution is 5.92. The number of carbonyl (C=O) groups excluding carboxylic acids is 1. The zero-order valence-electron chi connectivity index (χ0n) is 23.5. The second kappa shape index (κ2) is 11.7. The molecular formula is C30H34F2N6O2. The van der Waals surface area contributed by atoms with Gasteiger partial charge in [-0.25, -0.2) is 18.7 Å². The molecule has 8 nitrogen and oxygen atoms in total. The number of nitrogens with one attached hydrogen (secondary N) is 1. The highest BCUT2D eigenvalue weighted by Gasteiger charge is 2.17. The summed E-state index contributed by atoms with van der Waals surface area (Å²) >= 11 is 0. The minimum absolute atomic E-state index is 0.0259. The number of ether oxygens (including phenoxy) is 1. The van der Waals surface area contributed by atoms with Crippen LogP contribution in [-0.4, -0.2) is 49.0 Å². The van der Waals surface area contributed by atoms with Gasteiger partial charge in [0, 0.05) is 54.7 Å². The molecule has 0 saturated heterocycles. The molecule has 0 aliphatic heterocycles. The highest BCUT2D eigenvalue weighted by Crippen LogP contribution is 2.34. The van der Waals surface area contributed by atoms with Gasteiger partial charge in [0.1, 0.15) is 17.4 Å². The lowest BCUT2D eigenvalue weighted by Gasteiger charge is -2.23. The van der Waals surface area contributed by atoms with Crippen molar-refractivity contribution in [3.05, 3.63) is 77.1 Å². The first-order chi connectivity index (χ1) is 19.0. The van der Waals surface area contributed by atoms with Crippen molar-refractivity contribution < 1.29 is 18.3 Å². The molecule has 210 valence electrons. The predicted molar refractivity (Wildman–Crippen MR) is 156 cm³/mol. The van der Waals surface area contributed by atoms with Gasteiger partial charge in [-0.1, -0.05) is 0 Å². The van der Waals surface area contributed by atoms with Crippen LogP contribution in [0.3, 0.4) is 0 Å². The Morgan fingerprint density at radius 3 is 2.35 bits per heavy atom. The molecule has 0 aliphatic rings. The van der Waals surface area contributed by atoms with Gasteiger partial charge in [-0.2, -0.15) is 0 Å². The molecule has 1 aromatic heterocycles. The van der Waals surface area contributed by atoms with Crippen molar-refractivity contribution in [2.24, 2.45) is 0 Å². The molecule has 40 heavy (non-hydrogen) atoms. The van der Waals surface area contributed by atoms with Gasteiger partial charge in [0.2, 0.25) is 5.91 Å². The summed E-state index contributed by atoms with van der Waals surface area (Å²) in [5.74, 6) is 1.78. The molecule has 0 unspecified atom stereocenters. The van der Waals surface area contributed by atoms with Crippen LogP contribution in [0.25, 0.3) is 10.9 Å². The van der Waals surface area contributed by atoms with Crippen LogP contribution < -0.4 is 20.7 Å². The van der Waals surface area contributed by atoms with Crippen LogP contribution >= 0.6 is 0 Å². The van der Waals surface area contributed by atoms with E-state index in [0.29, 0.717) is 23.0 Å². The van der Waals surface area contributed by atoms with E-state index in [1.54, 1.807) is 39.1 Å². The van der Waals surface area contributed by atoms with Crippen molar-refractivity contribution in [1.29, 1.82) is 0 Å². The molecule has 0 radical (unpaired) electrons. The fourth-order valence-corrected chi connectivity index (χ4v) is 4.50. The predicted octanol–water partition coefficient (Wildman–Crippen LogP) is 6.04. The van der Waals surface area contributed by atoms with Crippen LogP contribution in [0.15, 0.2) is 54.6 Å². The average molecular weight is 549 g/mol. The molecule has 0 aliphatic carbocycles. The molecule has 0 fully saturated rings. The van der Waals surface area contributed by atoms with Crippen molar-refractivity contribution in [2.45, 2.75) is 32.7 Å². The van der Waals surface area contributed by atoms with E-state index in [2.05, 4.69) is 15.3 Å². The summed E-state index contributed by atoms with van der Waals surface area (Å²) in [6.07, 6.45) is -2.40. The Balaban J connectivity index is 1.69. The zero-order chi connectivity index (χ0) is 29.1. The first-order valence-electron chi connectivity index (χ1n) is 12.8. The lowest BCUT2D eigenvalue weighted by atomic mass is 10.0. The number of fused-ring (bicyclic) bond motifs is 1. The Bertz CT molecular complexity index is 1540. The maximum absolute atomic E-state index is 13.4. The number of likely N-dealkylation sites (N-methyl/N-ethyl adjacent to an activating group) is 1. The van der Waals surface area contributed by atoms with E-state index in [0.717, 1.165) is 27.8 Å². The summed E-state index contributed by atoms with van der Waals surface area (Å²) in [4.78, 5) is 25.2. The highest BCUT2D eigenvalue weighted by atomic mass is 19.3. The summed E-state index contributed by atoms with van der Waals surface area (Å²) < 4.78 is 32.2. The van der Waals surface area contributed by atoms with Crippen molar-refractivity contribution in [3.63, 3.8) is 0 Å². The summed E-state index contributed by atoms with van der Waals surface area (Å²) in [5.41, 5.74) is 9.96. The Hall–Kier alpha value is -4.47. The third-order valence-corrected chi connectivity index (χ3v) is 6.78. The molecular weight excluding hydrogens is 514 g/mol. The van der Waals surface area contributed by atoms with Crippen molar-refractivity contribution in [3.8, 4) is 5.75 Å². The van der Waals surface area contributed by atoms with Crippen LogP contribution in [0.4, 0.5) is 31.7 Å². The molecule has 4 rings (SSSR count). The van der Waals surface area contributed by atoms with Crippen LogP contribution in [-0.2, 0) is 11.2 Å². The van der Waals surface area contributed by atoms with Gasteiger partial charge in [0.05, 0.1) is 25.1 Å². The average Bonchev–Trinajstić information content (AvgIpc) is 2.91. The summed E-state index contributed by atoms with van der Waals surface area (Å²) in [5, 5.41) is 4.14. The molecule has 1 atom stereocenters. The fraction of sp³-hybridized carbons (Fsp3) is 0.300. The maximum atomic E-state index is 13.4. The molecule has 1 amide bonds.